The second-order valence-electron chi connectivity index (χ2n) is 4.74. The van der Waals surface area contributed by atoms with E-state index >= 15 is 0 Å². The summed E-state index contributed by atoms with van der Waals surface area (Å²) in [5.41, 5.74) is 1.86. The van der Waals surface area contributed by atoms with Gasteiger partial charge in [0.05, 0.1) is 0 Å². The molecule has 108 valence electrons. The van der Waals surface area contributed by atoms with E-state index in [0.717, 1.165) is 12.1 Å². The van der Waals surface area contributed by atoms with Gasteiger partial charge in [0.2, 0.25) is 0 Å². The van der Waals surface area contributed by atoms with Crippen LogP contribution in [0.25, 0.3) is 0 Å². The highest BCUT2D eigenvalue weighted by Crippen LogP contribution is 2.19. The van der Waals surface area contributed by atoms with E-state index < -0.39 is 17.5 Å². The second-order valence-corrected chi connectivity index (χ2v) is 4.74. The van der Waals surface area contributed by atoms with Crippen molar-refractivity contribution in [2.75, 3.05) is 13.1 Å². The monoisotopic (exact) mass is 283 g/mol. The second kappa shape index (κ2) is 5.96. The van der Waals surface area contributed by atoms with E-state index in [-0.39, 0.29) is 23.9 Å². The van der Waals surface area contributed by atoms with E-state index in [2.05, 4.69) is 0 Å². The summed E-state index contributed by atoms with van der Waals surface area (Å²) < 4.78 is 26.0. The topological polar surface area (TPSA) is 76.4 Å². The quantitative estimate of drug-likeness (QED) is 0.440. The number of rotatable bonds is 2. The van der Waals surface area contributed by atoms with Crippen molar-refractivity contribution in [3.05, 3.63) is 35.4 Å². The van der Waals surface area contributed by atoms with Crippen molar-refractivity contribution >= 4 is 11.7 Å². The fourth-order valence-corrected chi connectivity index (χ4v) is 2.30. The predicted octanol–water partition coefficient (Wildman–Crippen LogP) is 1.77. The van der Waals surface area contributed by atoms with Crippen LogP contribution >= 0.6 is 0 Å². The number of amides is 1. The van der Waals surface area contributed by atoms with Crippen LogP contribution in [-0.4, -0.2) is 34.9 Å². The maximum atomic E-state index is 13.1. The van der Waals surface area contributed by atoms with Gasteiger partial charge in [0.25, 0.3) is 5.91 Å². The minimum atomic E-state index is -1.06. The van der Waals surface area contributed by atoms with Crippen LogP contribution in [0, 0.1) is 23.0 Å². The zero-order chi connectivity index (χ0) is 14.7. The average molecular weight is 283 g/mol. The third-order valence-electron chi connectivity index (χ3n) is 3.40. The van der Waals surface area contributed by atoms with Crippen molar-refractivity contribution in [2.45, 2.75) is 12.8 Å². The number of piperidine rings is 1. The molecule has 1 fully saturated rings. The van der Waals surface area contributed by atoms with Crippen molar-refractivity contribution in [3.8, 4) is 0 Å². The summed E-state index contributed by atoms with van der Waals surface area (Å²) in [4.78, 5) is 13.7. The van der Waals surface area contributed by atoms with Gasteiger partial charge >= 0.3 is 0 Å². The summed E-state index contributed by atoms with van der Waals surface area (Å²) in [6.45, 7) is 0.761. The lowest BCUT2D eigenvalue weighted by molar-refractivity contribution is 0.0696. The van der Waals surface area contributed by atoms with E-state index in [1.807, 2.05) is 0 Å². The maximum Gasteiger partial charge on any atom is 0.253 e. The molecule has 1 aromatic carbocycles. The predicted molar refractivity (Wildman–Crippen MR) is 67.6 cm³/mol. The number of nitrogens with zero attached hydrogens (tertiary/aromatic N) is 1. The number of hydrogen-bond acceptors (Lipinski definition) is 3. The largest absolute Gasteiger partial charge is 0.338 e. The van der Waals surface area contributed by atoms with Gasteiger partial charge in [-0.15, -0.1) is 0 Å². The fraction of sp³-hybridized carbons (Fsp3) is 0.385. The maximum absolute atomic E-state index is 13.1. The molecule has 1 aliphatic rings. The van der Waals surface area contributed by atoms with E-state index in [0.29, 0.717) is 19.4 Å². The first kappa shape index (κ1) is 14.4. The first-order valence-corrected chi connectivity index (χ1v) is 6.25. The van der Waals surface area contributed by atoms with Gasteiger partial charge in [-0.05, 0) is 31.0 Å². The summed E-state index contributed by atoms with van der Waals surface area (Å²) in [6.07, 6.45) is 1.37. The van der Waals surface area contributed by atoms with Crippen molar-refractivity contribution in [1.29, 1.82) is 5.41 Å². The summed E-state index contributed by atoms with van der Waals surface area (Å²) >= 11 is 0. The Balaban J connectivity index is 2.12. The summed E-state index contributed by atoms with van der Waals surface area (Å²) in [5.74, 6) is -2.78. The van der Waals surface area contributed by atoms with E-state index in [9.17, 15) is 13.6 Å². The van der Waals surface area contributed by atoms with Crippen molar-refractivity contribution in [1.82, 2.24) is 10.4 Å². The number of carbonyl (C=O) groups is 1. The molecule has 1 aliphatic heterocycles. The molecule has 0 aromatic heterocycles. The lowest BCUT2D eigenvalue weighted by Crippen LogP contribution is -2.44. The van der Waals surface area contributed by atoms with Crippen molar-refractivity contribution < 1.29 is 18.8 Å². The van der Waals surface area contributed by atoms with Crippen LogP contribution in [0.15, 0.2) is 18.2 Å². The first-order valence-electron chi connectivity index (χ1n) is 6.25. The molecule has 1 heterocycles. The highest BCUT2D eigenvalue weighted by molar-refractivity contribution is 5.94. The lowest BCUT2D eigenvalue weighted by Gasteiger charge is -2.32. The van der Waals surface area contributed by atoms with Crippen LogP contribution < -0.4 is 5.48 Å². The van der Waals surface area contributed by atoms with Crippen LogP contribution in [0.5, 0.6) is 0 Å². The SMILES string of the molecule is N=C(NO)[C@H]1CCCN(C(=O)c2ccc(F)c(F)c2)C1. The number of amidine groups is 1. The number of hydrogen-bond donors (Lipinski definition) is 3. The van der Waals surface area contributed by atoms with Crippen LogP contribution in [0.2, 0.25) is 0 Å². The number of benzene rings is 1. The molecule has 5 nitrogen and oxygen atoms in total. The smallest absolute Gasteiger partial charge is 0.253 e. The van der Waals surface area contributed by atoms with Gasteiger partial charge in [0.15, 0.2) is 11.6 Å². The first-order chi connectivity index (χ1) is 9.52. The number of nitrogens with one attached hydrogen (secondary N) is 2. The highest BCUT2D eigenvalue weighted by Gasteiger charge is 2.27. The van der Waals surface area contributed by atoms with E-state index in [1.54, 1.807) is 5.48 Å². The van der Waals surface area contributed by atoms with Gasteiger partial charge in [0.1, 0.15) is 5.84 Å². The molecular weight excluding hydrogens is 268 g/mol. The molecule has 1 atom stereocenters. The molecule has 0 spiro atoms. The molecule has 0 bridgehead atoms. The Kier molecular flexibility index (Phi) is 4.29. The van der Waals surface area contributed by atoms with Gasteiger partial charge < -0.3 is 4.90 Å². The fourth-order valence-electron chi connectivity index (χ4n) is 2.30. The number of hydroxylamine groups is 1. The average Bonchev–Trinajstić information content (AvgIpc) is 2.48. The van der Waals surface area contributed by atoms with Gasteiger partial charge in [-0.1, -0.05) is 0 Å². The Morgan fingerprint density at radius 3 is 2.80 bits per heavy atom. The zero-order valence-electron chi connectivity index (χ0n) is 10.7. The van der Waals surface area contributed by atoms with Gasteiger partial charge in [-0.25, -0.2) is 8.78 Å². The molecule has 2 rings (SSSR count). The molecule has 0 unspecified atom stereocenters. The van der Waals surface area contributed by atoms with Crippen LogP contribution in [-0.2, 0) is 0 Å². The molecule has 7 heteroatoms. The summed E-state index contributed by atoms with van der Waals surface area (Å²) in [6, 6.07) is 3.03. The Labute approximate surface area is 114 Å². The van der Waals surface area contributed by atoms with Crippen molar-refractivity contribution in [3.63, 3.8) is 0 Å². The Hall–Kier alpha value is -2.02. The Morgan fingerprint density at radius 2 is 2.15 bits per heavy atom. The number of carbonyl (C=O) groups excluding carboxylic acids is 1. The Bertz CT molecular complexity index is 536. The number of likely N-dealkylation sites (tertiary alicyclic amines) is 1. The molecule has 0 saturated carbocycles. The van der Waals surface area contributed by atoms with Crippen LogP contribution in [0.1, 0.15) is 23.2 Å². The molecule has 1 saturated heterocycles. The third-order valence-corrected chi connectivity index (χ3v) is 3.40. The van der Waals surface area contributed by atoms with Gasteiger partial charge in [-0.2, -0.15) is 0 Å². The molecule has 0 radical (unpaired) electrons. The summed E-state index contributed by atoms with van der Waals surface area (Å²) in [5, 5.41) is 16.2. The number of halogens is 2. The molecule has 0 aliphatic carbocycles. The molecular formula is C13H15F2N3O2. The lowest BCUT2D eigenvalue weighted by atomic mass is 9.96. The van der Waals surface area contributed by atoms with E-state index in [1.165, 1.54) is 11.0 Å². The van der Waals surface area contributed by atoms with Crippen LogP contribution in [0.4, 0.5) is 8.78 Å². The minimum Gasteiger partial charge on any atom is -0.338 e. The summed E-state index contributed by atoms with van der Waals surface area (Å²) in [7, 11) is 0. The van der Waals surface area contributed by atoms with Gasteiger partial charge in [0, 0.05) is 24.6 Å². The Morgan fingerprint density at radius 1 is 1.40 bits per heavy atom. The van der Waals surface area contributed by atoms with Crippen LogP contribution in [0.3, 0.4) is 0 Å². The third kappa shape index (κ3) is 2.93. The molecule has 3 N–H and O–H groups in total. The van der Waals surface area contributed by atoms with E-state index in [4.69, 9.17) is 10.6 Å². The molecule has 1 amide bonds. The van der Waals surface area contributed by atoms with Crippen molar-refractivity contribution in [2.24, 2.45) is 5.92 Å². The van der Waals surface area contributed by atoms with Gasteiger partial charge in [-0.3, -0.25) is 20.9 Å². The highest BCUT2D eigenvalue weighted by atomic mass is 19.2. The minimum absolute atomic E-state index is 0.0483. The molecule has 1 aromatic rings. The molecule has 20 heavy (non-hydrogen) atoms. The zero-order valence-corrected chi connectivity index (χ0v) is 10.7. The normalized spacial score (nSPS) is 18.8. The standard InChI is InChI=1S/C13H15F2N3O2/c14-10-4-3-8(6-11(10)15)13(19)18-5-1-2-9(7-18)12(16)17-20/h3-4,6,9,20H,1-2,5,7H2,(H2,16,17)/t9-/m0/s1.